The molecule has 1 heterocycles. The van der Waals surface area contributed by atoms with E-state index in [-0.39, 0.29) is 10.5 Å². The molecule has 2 atom stereocenters. The third-order valence-corrected chi connectivity index (χ3v) is 9.29. The van der Waals surface area contributed by atoms with E-state index in [9.17, 15) is 40.2 Å². The molecule has 3 rings (SSSR count). The van der Waals surface area contributed by atoms with Crippen LogP contribution >= 0.6 is 0 Å². The van der Waals surface area contributed by atoms with E-state index in [1.165, 1.54) is 12.1 Å². The number of nitrogens with zero attached hydrogens (tertiary/aromatic N) is 2. The smallest absolute Gasteiger partial charge is 0.393 e. The van der Waals surface area contributed by atoms with Crippen LogP contribution in [0.2, 0.25) is 0 Å². The molecule has 0 aliphatic carbocycles. The van der Waals surface area contributed by atoms with Crippen molar-refractivity contribution in [3.63, 3.8) is 0 Å². The van der Waals surface area contributed by atoms with Crippen molar-refractivity contribution < 1.29 is 40.2 Å². The number of sulfone groups is 1. The number of alkyl halides is 3. The van der Waals surface area contributed by atoms with E-state index >= 15 is 0 Å². The van der Waals surface area contributed by atoms with E-state index in [0.717, 1.165) is 12.1 Å². The number of hydrogen-bond donors (Lipinski definition) is 2. The summed E-state index contributed by atoms with van der Waals surface area (Å²) < 4.78 is 91.0. The zero-order chi connectivity index (χ0) is 23.9. The SMILES string of the molecule is N#Cc1ccc(S(=O)(=O)N2C[C@H](S(=O)(=O)c3ccc(C(F)(F)F)cc3)[C@](O)(CO)C2)cc1. The summed E-state index contributed by atoms with van der Waals surface area (Å²) >= 11 is 0. The van der Waals surface area contributed by atoms with Crippen LogP contribution in [-0.2, 0) is 26.0 Å². The molecule has 2 N–H and O–H groups in total. The third-order valence-electron chi connectivity index (χ3n) is 5.20. The van der Waals surface area contributed by atoms with Gasteiger partial charge in [-0.05, 0) is 48.5 Å². The largest absolute Gasteiger partial charge is 0.416 e. The van der Waals surface area contributed by atoms with E-state index in [1.54, 1.807) is 0 Å². The highest BCUT2D eigenvalue weighted by Gasteiger charge is 2.55. The van der Waals surface area contributed by atoms with Crippen LogP contribution in [0, 0.1) is 11.3 Å². The van der Waals surface area contributed by atoms with Crippen molar-refractivity contribution in [1.29, 1.82) is 5.26 Å². The summed E-state index contributed by atoms with van der Waals surface area (Å²) in [5.41, 5.74) is -3.27. The van der Waals surface area contributed by atoms with Gasteiger partial charge in [0.25, 0.3) is 0 Å². The maximum atomic E-state index is 13.1. The Morgan fingerprint density at radius 1 is 1.03 bits per heavy atom. The summed E-state index contributed by atoms with van der Waals surface area (Å²) in [5, 5.41) is 27.4. The van der Waals surface area contributed by atoms with Crippen LogP contribution < -0.4 is 0 Å². The molecule has 32 heavy (non-hydrogen) atoms. The molecule has 2 aromatic carbocycles. The summed E-state index contributed by atoms with van der Waals surface area (Å²) in [4.78, 5) is -0.815. The van der Waals surface area contributed by atoms with Crippen LogP contribution in [0.25, 0.3) is 0 Å². The highest BCUT2D eigenvalue weighted by Crippen LogP contribution is 2.36. The van der Waals surface area contributed by atoms with Gasteiger partial charge < -0.3 is 10.2 Å². The number of aliphatic hydroxyl groups excluding tert-OH is 1. The standard InChI is InChI=1S/C19H17F3N2O6S2/c20-19(21,22)14-3-7-15(8-4-14)31(27,28)17-10-24(11-18(17,26)12-25)32(29,30)16-5-1-13(9-23)2-6-16/h1-8,17,25-26H,10-12H2/t17-,18+/m0/s1. The number of halogens is 3. The molecule has 0 bridgehead atoms. The van der Waals surface area contributed by atoms with Crippen molar-refractivity contribution in [2.75, 3.05) is 19.7 Å². The van der Waals surface area contributed by atoms with Crippen molar-refractivity contribution in [1.82, 2.24) is 4.31 Å². The molecule has 1 fully saturated rings. The van der Waals surface area contributed by atoms with Gasteiger partial charge in [-0.3, -0.25) is 0 Å². The predicted molar refractivity (Wildman–Crippen MR) is 104 cm³/mol. The van der Waals surface area contributed by atoms with Gasteiger partial charge in [-0.2, -0.15) is 22.7 Å². The van der Waals surface area contributed by atoms with Gasteiger partial charge in [-0.15, -0.1) is 0 Å². The summed E-state index contributed by atoms with van der Waals surface area (Å²) in [6, 6.07) is 9.16. The van der Waals surface area contributed by atoms with Crippen LogP contribution in [0.4, 0.5) is 13.2 Å². The van der Waals surface area contributed by atoms with Crippen LogP contribution in [0.5, 0.6) is 0 Å². The molecule has 2 aromatic rings. The molecule has 0 amide bonds. The normalized spacial score (nSPS) is 22.6. The van der Waals surface area contributed by atoms with Crippen molar-refractivity contribution in [3.8, 4) is 6.07 Å². The Morgan fingerprint density at radius 2 is 1.56 bits per heavy atom. The van der Waals surface area contributed by atoms with Crippen molar-refractivity contribution >= 4 is 19.9 Å². The minimum Gasteiger partial charge on any atom is -0.393 e. The predicted octanol–water partition coefficient (Wildman–Crippen LogP) is 1.15. The molecule has 8 nitrogen and oxygen atoms in total. The molecule has 1 saturated heterocycles. The first kappa shape index (κ1) is 24.1. The molecular weight excluding hydrogens is 473 g/mol. The fraction of sp³-hybridized carbons (Fsp3) is 0.316. The van der Waals surface area contributed by atoms with Gasteiger partial charge in [0.15, 0.2) is 9.84 Å². The van der Waals surface area contributed by atoms with Gasteiger partial charge in [0.1, 0.15) is 10.9 Å². The van der Waals surface area contributed by atoms with Gasteiger partial charge in [-0.1, -0.05) is 0 Å². The number of rotatable bonds is 5. The highest BCUT2D eigenvalue weighted by atomic mass is 32.2. The summed E-state index contributed by atoms with van der Waals surface area (Å²) in [6.45, 7) is -2.59. The first-order valence-electron chi connectivity index (χ1n) is 9.00. The van der Waals surface area contributed by atoms with E-state index in [4.69, 9.17) is 5.26 Å². The third kappa shape index (κ3) is 4.24. The Morgan fingerprint density at radius 3 is 2.03 bits per heavy atom. The zero-order valence-corrected chi connectivity index (χ0v) is 17.8. The molecule has 0 saturated carbocycles. The summed E-state index contributed by atoms with van der Waals surface area (Å²) in [6.07, 6.45) is -4.69. The molecule has 0 spiro atoms. The van der Waals surface area contributed by atoms with Gasteiger partial charge in [0.05, 0.1) is 33.6 Å². The average molecular weight is 490 g/mol. The lowest BCUT2D eigenvalue weighted by atomic mass is 10.1. The van der Waals surface area contributed by atoms with Gasteiger partial charge in [-0.25, -0.2) is 16.8 Å². The van der Waals surface area contributed by atoms with E-state index in [0.29, 0.717) is 28.6 Å². The Labute approximate surface area is 182 Å². The first-order valence-corrected chi connectivity index (χ1v) is 12.0. The van der Waals surface area contributed by atoms with Crippen molar-refractivity contribution in [2.45, 2.75) is 26.8 Å². The molecule has 13 heteroatoms. The van der Waals surface area contributed by atoms with Crippen LogP contribution in [-0.4, -0.2) is 61.9 Å². The molecular formula is C19H17F3N2O6S2. The number of β-amino-alcohol motifs (C(OH)–C–C–N with tert-alkyl or cyclic N) is 1. The van der Waals surface area contributed by atoms with Crippen LogP contribution in [0.3, 0.4) is 0 Å². The number of sulfonamides is 1. The van der Waals surface area contributed by atoms with E-state index < -0.39 is 67.0 Å². The topological polar surface area (TPSA) is 136 Å². The number of nitriles is 1. The number of hydrogen-bond acceptors (Lipinski definition) is 7. The van der Waals surface area contributed by atoms with Gasteiger partial charge >= 0.3 is 6.18 Å². The Balaban J connectivity index is 1.97. The molecule has 0 unspecified atom stereocenters. The quantitative estimate of drug-likeness (QED) is 0.642. The monoisotopic (exact) mass is 490 g/mol. The minimum atomic E-state index is -4.69. The average Bonchev–Trinajstić information content (AvgIpc) is 3.13. The lowest BCUT2D eigenvalue weighted by Gasteiger charge is -2.26. The second-order valence-electron chi connectivity index (χ2n) is 7.25. The molecule has 0 radical (unpaired) electrons. The Bertz CT molecular complexity index is 1250. The second-order valence-corrected chi connectivity index (χ2v) is 11.3. The molecule has 172 valence electrons. The van der Waals surface area contributed by atoms with E-state index in [2.05, 4.69) is 0 Å². The lowest BCUT2D eigenvalue weighted by molar-refractivity contribution is -0.137. The lowest BCUT2D eigenvalue weighted by Crippen LogP contribution is -2.49. The van der Waals surface area contributed by atoms with Crippen molar-refractivity contribution in [2.24, 2.45) is 0 Å². The minimum absolute atomic E-state index is 0.194. The van der Waals surface area contributed by atoms with Crippen molar-refractivity contribution in [3.05, 3.63) is 59.7 Å². The van der Waals surface area contributed by atoms with E-state index in [1.807, 2.05) is 6.07 Å². The fourth-order valence-electron chi connectivity index (χ4n) is 3.40. The zero-order valence-electron chi connectivity index (χ0n) is 16.2. The molecule has 1 aliphatic rings. The Hall–Kier alpha value is -2.50. The maximum absolute atomic E-state index is 13.1. The van der Waals surface area contributed by atoms with Crippen LogP contribution in [0.15, 0.2) is 58.3 Å². The van der Waals surface area contributed by atoms with Crippen LogP contribution in [0.1, 0.15) is 11.1 Å². The molecule has 0 aromatic heterocycles. The highest BCUT2D eigenvalue weighted by molar-refractivity contribution is 7.92. The maximum Gasteiger partial charge on any atom is 0.416 e. The summed E-state index contributed by atoms with van der Waals surface area (Å²) in [5.74, 6) is 0. The Kier molecular flexibility index (Phi) is 6.13. The first-order chi connectivity index (χ1) is 14.8. The van der Waals surface area contributed by atoms with Gasteiger partial charge in [0.2, 0.25) is 10.0 Å². The molecule has 1 aliphatic heterocycles. The fourth-order valence-corrected chi connectivity index (χ4v) is 6.96. The van der Waals surface area contributed by atoms with Gasteiger partial charge in [0, 0.05) is 13.1 Å². The number of benzene rings is 2. The number of aliphatic hydroxyl groups is 2. The summed E-state index contributed by atoms with van der Waals surface area (Å²) in [7, 11) is -8.84. The second kappa shape index (κ2) is 8.13.